The number of rotatable bonds is 0. The second-order valence-electron chi connectivity index (χ2n) is 0.949. The fraction of sp³-hybridized carbons (Fsp3) is 0. The van der Waals surface area contributed by atoms with Gasteiger partial charge in [0.25, 0.3) is 0 Å². The molecule has 0 aliphatic carbocycles. The van der Waals surface area contributed by atoms with E-state index >= 15 is 0 Å². The predicted molar refractivity (Wildman–Crippen MR) is 28.5 cm³/mol. The van der Waals surface area contributed by atoms with Crippen LogP contribution in [0, 0.1) is 0 Å². The molecule has 0 aromatic carbocycles. The Balaban J connectivity index is 6.05. The third-order valence-electron chi connectivity index (χ3n) is 0. The van der Waals surface area contributed by atoms with Crippen LogP contribution in [0.3, 0.4) is 0 Å². The Bertz CT molecular complexity index is 155. The quantitative estimate of drug-likeness (QED) is 0.562. The predicted octanol–water partition coefficient (Wildman–Crippen LogP) is -0.132. The average Bonchev–Trinajstić information content (AvgIpc) is 0.722. The topological polar surface area (TPSA) is 0 Å². The second-order valence-corrected chi connectivity index (χ2v) is 7.77. The molecule has 5 heavy (non-hydrogen) atoms. The van der Waals surface area contributed by atoms with Gasteiger partial charge in [0.05, 0.1) is 0 Å². The number of hydrogen-bond donors (Lipinski definition) is 0. The van der Waals surface area contributed by atoms with Crippen LogP contribution in [0.1, 0.15) is 0 Å². The number of hydrogen-bond acceptors (Lipinski definition) is 0. The van der Waals surface area contributed by atoms with Crippen molar-refractivity contribution in [2.24, 2.45) is 0 Å². The third-order valence-corrected chi connectivity index (χ3v) is 0. The molecular formula is C4H8Pt. The Labute approximate surface area is 34.3 Å². The fourth-order valence-electron chi connectivity index (χ4n) is 0. The van der Waals surface area contributed by atoms with Crippen molar-refractivity contribution in [2.75, 3.05) is 0 Å². The molecule has 0 fully saturated rings. The van der Waals surface area contributed by atoms with Crippen LogP contribution in [0.15, 0.2) is 0 Å². The van der Waals surface area contributed by atoms with E-state index in [2.05, 4.69) is 19.6 Å². The molecule has 0 rings (SSSR count). The van der Waals surface area contributed by atoms with Crippen molar-refractivity contribution in [3.8, 4) is 0 Å². The molecule has 34 valence electrons. The standard InChI is InChI=1S/4CH2.Pt/h4*1H2;. The Kier molecular flexibility index (Phi) is 1.14. The minimum atomic E-state index is -1.94. The van der Waals surface area contributed by atoms with Crippen molar-refractivity contribution in [1.82, 2.24) is 0 Å². The summed E-state index contributed by atoms with van der Waals surface area (Å²) in [6.07, 6.45) is 0. The summed E-state index contributed by atoms with van der Waals surface area (Å²) in [7, 11) is 0. The van der Waals surface area contributed by atoms with Crippen LogP contribution < -0.4 is 0 Å². The molecule has 0 aliphatic heterocycles. The Morgan fingerprint density at radius 3 is 0.800 bits per heavy atom. The zero-order valence-electron chi connectivity index (χ0n) is 3.14. The van der Waals surface area contributed by atoms with Gasteiger partial charge in [-0.2, -0.15) is 0 Å². The average molecular weight is 251 g/mol. The molecule has 0 heterocycles. The summed E-state index contributed by atoms with van der Waals surface area (Å²) in [5.74, 6) is 0. The van der Waals surface area contributed by atoms with E-state index in [0.717, 1.165) is 0 Å². The van der Waals surface area contributed by atoms with Gasteiger partial charge in [0.2, 0.25) is 0 Å². The van der Waals surface area contributed by atoms with Gasteiger partial charge in [0, 0.05) is 0 Å². The van der Waals surface area contributed by atoms with Gasteiger partial charge in [-0.25, -0.2) is 0 Å². The van der Waals surface area contributed by atoms with Gasteiger partial charge in [-0.15, -0.1) is 0 Å². The normalized spacial score (nSPS) is 14.4. The summed E-state index contributed by atoms with van der Waals surface area (Å²) in [4.78, 5) is 14.5. The van der Waals surface area contributed by atoms with E-state index in [-0.39, 0.29) is 0 Å². The molecule has 0 saturated carbocycles. The van der Waals surface area contributed by atoms with E-state index in [1.165, 1.54) is 0 Å². The van der Waals surface area contributed by atoms with E-state index in [1.54, 1.807) is 0 Å². The third kappa shape index (κ3) is 692. The maximum atomic E-state index is 3.62. The molecular weight excluding hydrogens is 243 g/mol. The first-order valence-corrected chi connectivity index (χ1v) is 7.32. The van der Waals surface area contributed by atoms with Crippen LogP contribution in [-0.4, -0.2) is 19.6 Å². The van der Waals surface area contributed by atoms with Gasteiger partial charge in [-0.1, -0.05) is 0 Å². The Hall–Kier alpha value is 0.168. The first kappa shape index (κ1) is 5.17. The zero-order valence-corrected chi connectivity index (χ0v) is 5.42. The molecule has 0 spiro atoms. The summed E-state index contributed by atoms with van der Waals surface area (Å²) in [5.41, 5.74) is 0. The summed E-state index contributed by atoms with van der Waals surface area (Å²) in [6.45, 7) is 0. The monoisotopic (exact) mass is 251 g/mol. The molecule has 0 nitrogen and oxygen atoms in total. The minimum absolute atomic E-state index is 1.94. The van der Waals surface area contributed by atoms with Crippen LogP contribution >= 0.6 is 0 Å². The van der Waals surface area contributed by atoms with Gasteiger partial charge in [-0.05, 0) is 0 Å². The SMILES string of the molecule is [CH2]=[Pt](=[CH2])(=[CH2])=[CH2]. The van der Waals surface area contributed by atoms with Gasteiger partial charge in [-0.3, -0.25) is 0 Å². The molecule has 1 heteroatoms. The van der Waals surface area contributed by atoms with E-state index in [1.807, 2.05) is 0 Å². The van der Waals surface area contributed by atoms with Gasteiger partial charge in [0.1, 0.15) is 0 Å². The molecule has 0 bridgehead atoms. The van der Waals surface area contributed by atoms with Crippen molar-refractivity contribution in [1.29, 1.82) is 0 Å². The molecule has 0 atom stereocenters. The molecule has 0 aromatic heterocycles. The van der Waals surface area contributed by atoms with Gasteiger partial charge < -0.3 is 0 Å². The van der Waals surface area contributed by atoms with E-state index in [4.69, 9.17) is 0 Å². The van der Waals surface area contributed by atoms with Crippen molar-refractivity contribution >= 4 is 19.6 Å². The summed E-state index contributed by atoms with van der Waals surface area (Å²) in [5, 5.41) is 0. The van der Waals surface area contributed by atoms with Crippen LogP contribution in [0.25, 0.3) is 0 Å². The van der Waals surface area contributed by atoms with Crippen LogP contribution in [-0.2, 0) is 14.2 Å². The molecule has 0 aliphatic rings. The Morgan fingerprint density at radius 2 is 0.800 bits per heavy atom. The maximum absolute atomic E-state index is 3.62. The van der Waals surface area contributed by atoms with Crippen molar-refractivity contribution in [2.45, 2.75) is 0 Å². The van der Waals surface area contributed by atoms with Crippen LogP contribution in [0.4, 0.5) is 0 Å². The van der Waals surface area contributed by atoms with Crippen molar-refractivity contribution < 1.29 is 14.2 Å². The van der Waals surface area contributed by atoms with Crippen molar-refractivity contribution in [3.05, 3.63) is 0 Å². The van der Waals surface area contributed by atoms with Crippen LogP contribution in [0.5, 0.6) is 0 Å². The molecule has 0 amide bonds. The fourth-order valence-corrected chi connectivity index (χ4v) is 0. The first-order valence-electron chi connectivity index (χ1n) is 0.894. The van der Waals surface area contributed by atoms with E-state index in [0.29, 0.717) is 0 Å². The van der Waals surface area contributed by atoms with Crippen molar-refractivity contribution in [3.63, 3.8) is 0 Å². The molecule has 0 saturated heterocycles. The van der Waals surface area contributed by atoms with Gasteiger partial charge >= 0.3 is 33.8 Å². The summed E-state index contributed by atoms with van der Waals surface area (Å²) >= 11 is -1.94. The van der Waals surface area contributed by atoms with Crippen LogP contribution in [0.2, 0.25) is 0 Å². The molecule has 0 N–H and O–H groups in total. The zero-order chi connectivity index (χ0) is 4.50. The summed E-state index contributed by atoms with van der Waals surface area (Å²) < 4.78 is 0. The second kappa shape index (κ2) is 1.10. The van der Waals surface area contributed by atoms with Gasteiger partial charge in [0.15, 0.2) is 0 Å². The molecule has 0 radical (unpaired) electrons. The van der Waals surface area contributed by atoms with E-state index in [9.17, 15) is 0 Å². The first-order chi connectivity index (χ1) is 2.00. The molecule has 0 unspecified atom stereocenters. The summed E-state index contributed by atoms with van der Waals surface area (Å²) in [6, 6.07) is 0. The van der Waals surface area contributed by atoms with E-state index < -0.39 is 14.2 Å². The Morgan fingerprint density at radius 1 is 0.800 bits per heavy atom. The molecule has 0 aromatic rings.